The molecule has 0 bridgehead atoms. The van der Waals surface area contributed by atoms with Gasteiger partial charge in [0.05, 0.1) is 4.92 Å². The van der Waals surface area contributed by atoms with E-state index in [-0.39, 0.29) is 23.3 Å². The summed E-state index contributed by atoms with van der Waals surface area (Å²) in [5.74, 6) is 0.300. The predicted molar refractivity (Wildman–Crippen MR) is 93.7 cm³/mol. The first-order valence-electron chi connectivity index (χ1n) is 8.46. The second-order valence-electron chi connectivity index (χ2n) is 6.69. The molecule has 1 aromatic carbocycles. The average Bonchev–Trinajstić information content (AvgIpc) is 2.54. The van der Waals surface area contributed by atoms with E-state index in [1.165, 1.54) is 12.1 Å². The molecule has 2 atom stereocenters. The van der Waals surface area contributed by atoms with Crippen LogP contribution in [0.1, 0.15) is 46.1 Å². The van der Waals surface area contributed by atoms with Crippen molar-refractivity contribution < 1.29 is 14.5 Å². The van der Waals surface area contributed by atoms with Gasteiger partial charge in [-0.05, 0) is 55.4 Å². The Kier molecular flexibility index (Phi) is 5.54. The van der Waals surface area contributed by atoms with Crippen molar-refractivity contribution in [2.45, 2.75) is 46.1 Å². The molecule has 24 heavy (non-hydrogen) atoms. The smallest absolute Gasteiger partial charge is 0.269 e. The first-order valence-corrected chi connectivity index (χ1v) is 8.46. The van der Waals surface area contributed by atoms with Gasteiger partial charge in [0, 0.05) is 24.3 Å². The minimum absolute atomic E-state index is 0.0472. The lowest BCUT2D eigenvalue weighted by atomic mass is 9.69. The molecule has 2 rings (SSSR count). The van der Waals surface area contributed by atoms with Crippen molar-refractivity contribution in [1.82, 2.24) is 0 Å². The van der Waals surface area contributed by atoms with Crippen molar-refractivity contribution in [3.05, 3.63) is 45.5 Å². The lowest BCUT2D eigenvalue weighted by molar-refractivity contribution is -0.384. The fraction of sp³-hybridized carbons (Fsp3) is 0.526. The number of nitro benzene ring substituents is 1. The van der Waals surface area contributed by atoms with E-state index in [4.69, 9.17) is 4.74 Å². The summed E-state index contributed by atoms with van der Waals surface area (Å²) < 4.78 is 5.93. The van der Waals surface area contributed by atoms with Crippen LogP contribution in [0.3, 0.4) is 0 Å². The third kappa shape index (κ3) is 3.41. The number of nitrogens with zero attached hydrogens (tertiary/aromatic N) is 1. The lowest BCUT2D eigenvalue weighted by Gasteiger charge is -2.42. The SMILES string of the molecule is CCO[C@@]1(C(C)C)CC[C@H](C)/C(=C/c2ccc([N+](=O)[O-])cc2)C1=O. The third-order valence-corrected chi connectivity index (χ3v) is 4.89. The molecule has 0 unspecified atom stereocenters. The van der Waals surface area contributed by atoms with Crippen LogP contribution in [0.25, 0.3) is 6.08 Å². The molecular formula is C19H25NO4. The summed E-state index contributed by atoms with van der Waals surface area (Å²) in [4.78, 5) is 23.5. The maximum Gasteiger partial charge on any atom is 0.269 e. The minimum Gasteiger partial charge on any atom is -0.367 e. The third-order valence-electron chi connectivity index (χ3n) is 4.89. The van der Waals surface area contributed by atoms with Gasteiger partial charge in [-0.3, -0.25) is 14.9 Å². The molecule has 0 heterocycles. The van der Waals surface area contributed by atoms with Crippen molar-refractivity contribution >= 4 is 17.5 Å². The number of carbonyl (C=O) groups is 1. The molecule has 0 aromatic heterocycles. The number of nitro groups is 1. The number of hydrogen-bond acceptors (Lipinski definition) is 4. The molecule has 1 aromatic rings. The second kappa shape index (κ2) is 7.26. The maximum absolute atomic E-state index is 13.2. The molecule has 1 saturated carbocycles. The molecule has 0 radical (unpaired) electrons. The second-order valence-corrected chi connectivity index (χ2v) is 6.69. The predicted octanol–water partition coefficient (Wildman–Crippen LogP) is 4.41. The van der Waals surface area contributed by atoms with E-state index in [2.05, 4.69) is 0 Å². The summed E-state index contributed by atoms with van der Waals surface area (Å²) in [5, 5.41) is 10.8. The molecule has 1 aliphatic rings. The van der Waals surface area contributed by atoms with Gasteiger partial charge in [-0.25, -0.2) is 0 Å². The van der Waals surface area contributed by atoms with Gasteiger partial charge < -0.3 is 4.74 Å². The first kappa shape index (κ1) is 18.3. The molecule has 0 saturated heterocycles. The molecule has 1 fully saturated rings. The van der Waals surface area contributed by atoms with Crippen molar-refractivity contribution in [3.63, 3.8) is 0 Å². The highest BCUT2D eigenvalue weighted by Gasteiger charge is 2.47. The summed E-state index contributed by atoms with van der Waals surface area (Å²) in [7, 11) is 0. The van der Waals surface area contributed by atoms with Gasteiger partial charge in [0.15, 0.2) is 5.78 Å². The van der Waals surface area contributed by atoms with Crippen LogP contribution >= 0.6 is 0 Å². The molecule has 5 nitrogen and oxygen atoms in total. The number of ketones is 1. The molecule has 0 N–H and O–H groups in total. The summed E-state index contributed by atoms with van der Waals surface area (Å²) in [6.45, 7) is 8.50. The molecule has 0 aliphatic heterocycles. The largest absolute Gasteiger partial charge is 0.367 e. The topological polar surface area (TPSA) is 69.4 Å². The van der Waals surface area contributed by atoms with Crippen LogP contribution in [0.15, 0.2) is 29.8 Å². The number of ether oxygens (including phenoxy) is 1. The molecule has 1 aliphatic carbocycles. The van der Waals surface area contributed by atoms with E-state index in [1.807, 2.05) is 33.8 Å². The van der Waals surface area contributed by atoms with Crippen molar-refractivity contribution in [2.24, 2.45) is 11.8 Å². The van der Waals surface area contributed by atoms with E-state index in [0.29, 0.717) is 6.61 Å². The van der Waals surface area contributed by atoms with Crippen LogP contribution < -0.4 is 0 Å². The Hall–Kier alpha value is -2.01. The van der Waals surface area contributed by atoms with Gasteiger partial charge in [0.2, 0.25) is 0 Å². The summed E-state index contributed by atoms with van der Waals surface area (Å²) in [5.41, 5.74) is 0.837. The van der Waals surface area contributed by atoms with Gasteiger partial charge in [-0.15, -0.1) is 0 Å². The van der Waals surface area contributed by atoms with Gasteiger partial charge in [-0.1, -0.05) is 20.8 Å². The van der Waals surface area contributed by atoms with Crippen LogP contribution in [0.4, 0.5) is 5.69 Å². The molecule has 0 spiro atoms. The number of carbonyl (C=O) groups excluding carboxylic acids is 1. The van der Waals surface area contributed by atoms with Crippen LogP contribution in [-0.4, -0.2) is 22.9 Å². The fourth-order valence-corrected chi connectivity index (χ4v) is 3.36. The number of non-ortho nitro benzene ring substituents is 1. The fourth-order valence-electron chi connectivity index (χ4n) is 3.36. The Morgan fingerprint density at radius 1 is 1.38 bits per heavy atom. The highest BCUT2D eigenvalue weighted by Crippen LogP contribution is 2.41. The molecule has 0 amide bonds. The van der Waals surface area contributed by atoms with Crippen molar-refractivity contribution in [3.8, 4) is 0 Å². The molecular weight excluding hydrogens is 306 g/mol. The van der Waals surface area contributed by atoms with E-state index < -0.39 is 10.5 Å². The van der Waals surface area contributed by atoms with E-state index in [0.717, 1.165) is 24.0 Å². The Morgan fingerprint density at radius 2 is 2.00 bits per heavy atom. The average molecular weight is 331 g/mol. The monoisotopic (exact) mass is 331 g/mol. The lowest BCUT2D eigenvalue weighted by Crippen LogP contribution is -2.51. The normalized spacial score (nSPS) is 26.1. The quantitative estimate of drug-likeness (QED) is 0.455. The van der Waals surface area contributed by atoms with E-state index in [1.54, 1.807) is 12.1 Å². The highest BCUT2D eigenvalue weighted by molar-refractivity contribution is 6.06. The van der Waals surface area contributed by atoms with Crippen LogP contribution in [0.5, 0.6) is 0 Å². The van der Waals surface area contributed by atoms with Gasteiger partial charge in [0.1, 0.15) is 5.60 Å². The molecule has 5 heteroatoms. The zero-order valence-electron chi connectivity index (χ0n) is 14.7. The standard InChI is InChI=1S/C19H25NO4/c1-5-24-19(13(2)3)11-10-14(4)17(18(19)21)12-15-6-8-16(9-7-15)20(22)23/h6-9,12-14H,5,10-11H2,1-4H3/b17-12-/t14-,19+/m0/s1. The Morgan fingerprint density at radius 3 is 2.50 bits per heavy atom. The zero-order valence-corrected chi connectivity index (χ0v) is 14.7. The van der Waals surface area contributed by atoms with Gasteiger partial charge in [-0.2, -0.15) is 0 Å². The summed E-state index contributed by atoms with van der Waals surface area (Å²) >= 11 is 0. The van der Waals surface area contributed by atoms with Crippen molar-refractivity contribution in [2.75, 3.05) is 6.61 Å². The summed E-state index contributed by atoms with van der Waals surface area (Å²) in [6, 6.07) is 6.28. The van der Waals surface area contributed by atoms with E-state index in [9.17, 15) is 14.9 Å². The van der Waals surface area contributed by atoms with Gasteiger partial charge in [0.25, 0.3) is 5.69 Å². The highest BCUT2D eigenvalue weighted by atomic mass is 16.6. The van der Waals surface area contributed by atoms with Crippen LogP contribution in [0, 0.1) is 22.0 Å². The number of hydrogen-bond donors (Lipinski definition) is 0. The first-order chi connectivity index (χ1) is 11.3. The van der Waals surface area contributed by atoms with Gasteiger partial charge >= 0.3 is 0 Å². The minimum atomic E-state index is -0.756. The Balaban J connectivity index is 2.39. The maximum atomic E-state index is 13.2. The number of rotatable bonds is 5. The molecule has 130 valence electrons. The Labute approximate surface area is 142 Å². The number of Topliss-reactive ketones (excluding diaryl/α,β-unsaturated/α-hetero) is 1. The zero-order chi connectivity index (χ0) is 17.9. The van der Waals surface area contributed by atoms with E-state index >= 15 is 0 Å². The Bertz CT molecular complexity index is 648. The summed E-state index contributed by atoms with van der Waals surface area (Å²) in [6.07, 6.45) is 3.48. The van der Waals surface area contributed by atoms with Crippen molar-refractivity contribution in [1.29, 1.82) is 0 Å². The van der Waals surface area contributed by atoms with Crippen LogP contribution in [-0.2, 0) is 9.53 Å². The van der Waals surface area contributed by atoms with Crippen LogP contribution in [0.2, 0.25) is 0 Å². The number of benzene rings is 1.